The third-order valence-corrected chi connectivity index (χ3v) is 5.38. The lowest BCUT2D eigenvalue weighted by Gasteiger charge is -2.35. The Bertz CT molecular complexity index is 693. The maximum Gasteiger partial charge on any atom is 0.119 e. The van der Waals surface area contributed by atoms with E-state index in [1.807, 2.05) is 0 Å². The van der Waals surface area contributed by atoms with Gasteiger partial charge in [-0.3, -0.25) is 0 Å². The van der Waals surface area contributed by atoms with Crippen LogP contribution in [0.1, 0.15) is 28.5 Å². The van der Waals surface area contributed by atoms with Crippen LogP contribution in [0.4, 0.5) is 0 Å². The highest BCUT2D eigenvalue weighted by Gasteiger charge is 2.41. The third kappa shape index (κ3) is 2.49. The Hall–Kier alpha value is -2.00. The molecule has 1 fully saturated rings. The van der Waals surface area contributed by atoms with E-state index in [4.69, 9.17) is 14.2 Å². The second kappa shape index (κ2) is 5.89. The van der Waals surface area contributed by atoms with Gasteiger partial charge in [-0.05, 0) is 59.2 Å². The Kier molecular flexibility index (Phi) is 3.74. The minimum absolute atomic E-state index is 0.473. The van der Waals surface area contributed by atoms with Crippen LogP contribution in [0.25, 0.3) is 0 Å². The Morgan fingerprint density at radius 1 is 0.870 bits per heavy atom. The van der Waals surface area contributed by atoms with Crippen molar-refractivity contribution in [3.8, 4) is 11.5 Å². The molecule has 120 valence electrons. The van der Waals surface area contributed by atoms with Crippen molar-refractivity contribution in [2.45, 2.75) is 18.3 Å². The summed E-state index contributed by atoms with van der Waals surface area (Å²) < 4.78 is 16.6. The van der Waals surface area contributed by atoms with E-state index in [0.29, 0.717) is 17.8 Å². The molecule has 23 heavy (non-hydrogen) atoms. The van der Waals surface area contributed by atoms with Crippen LogP contribution in [0, 0.1) is 5.92 Å². The molecule has 0 amide bonds. The number of ether oxygens (including phenoxy) is 3. The van der Waals surface area contributed by atoms with Crippen LogP contribution in [-0.4, -0.2) is 27.4 Å². The van der Waals surface area contributed by atoms with Crippen molar-refractivity contribution in [3.63, 3.8) is 0 Å². The first-order valence-electron chi connectivity index (χ1n) is 8.18. The summed E-state index contributed by atoms with van der Waals surface area (Å²) in [5, 5.41) is 0. The van der Waals surface area contributed by atoms with E-state index < -0.39 is 0 Å². The first kappa shape index (κ1) is 14.6. The van der Waals surface area contributed by atoms with Gasteiger partial charge in [-0.1, -0.05) is 18.2 Å². The lowest BCUT2D eigenvalue weighted by Crippen LogP contribution is -2.27. The van der Waals surface area contributed by atoms with Crippen LogP contribution in [0.15, 0.2) is 42.5 Å². The molecule has 3 unspecified atom stereocenters. The van der Waals surface area contributed by atoms with Crippen LogP contribution in [0.2, 0.25) is 0 Å². The van der Waals surface area contributed by atoms with Gasteiger partial charge in [0.1, 0.15) is 11.5 Å². The van der Waals surface area contributed by atoms with E-state index in [2.05, 4.69) is 42.5 Å². The lowest BCUT2D eigenvalue weighted by molar-refractivity contribution is 0.180. The minimum Gasteiger partial charge on any atom is -0.497 e. The van der Waals surface area contributed by atoms with Gasteiger partial charge in [-0.15, -0.1) is 0 Å². The topological polar surface area (TPSA) is 27.7 Å². The zero-order valence-corrected chi connectivity index (χ0v) is 13.6. The highest BCUT2D eigenvalue weighted by atomic mass is 16.5. The quantitative estimate of drug-likeness (QED) is 0.863. The third-order valence-electron chi connectivity index (χ3n) is 5.38. The number of hydrogen-bond donors (Lipinski definition) is 0. The molecule has 1 aliphatic heterocycles. The van der Waals surface area contributed by atoms with Crippen molar-refractivity contribution in [1.29, 1.82) is 0 Å². The van der Waals surface area contributed by atoms with Crippen molar-refractivity contribution < 1.29 is 14.2 Å². The molecule has 0 N–H and O–H groups in total. The van der Waals surface area contributed by atoms with Crippen molar-refractivity contribution >= 4 is 0 Å². The fourth-order valence-corrected chi connectivity index (χ4v) is 4.12. The number of benzene rings is 2. The standard InChI is InChI=1S/C20H22O3/c1-21-15-6-3-13(4-7-15)17-9-14-5-8-16(22-2)10-18(14)20-12-23-11-19(17)20/h3-8,10,17,19-20H,9,11-12H2,1-2H3. The molecule has 3 nitrogen and oxygen atoms in total. The van der Waals surface area contributed by atoms with Crippen molar-refractivity contribution in [3.05, 3.63) is 59.2 Å². The first-order valence-corrected chi connectivity index (χ1v) is 8.18. The Labute approximate surface area is 137 Å². The van der Waals surface area contributed by atoms with Gasteiger partial charge in [0, 0.05) is 5.92 Å². The molecule has 1 heterocycles. The van der Waals surface area contributed by atoms with E-state index in [0.717, 1.165) is 31.1 Å². The summed E-state index contributed by atoms with van der Waals surface area (Å²) >= 11 is 0. The van der Waals surface area contributed by atoms with Gasteiger partial charge in [0.25, 0.3) is 0 Å². The van der Waals surface area contributed by atoms with Crippen molar-refractivity contribution in [2.75, 3.05) is 27.4 Å². The summed E-state index contributed by atoms with van der Waals surface area (Å²) in [4.78, 5) is 0. The highest BCUT2D eigenvalue weighted by molar-refractivity contribution is 5.44. The summed E-state index contributed by atoms with van der Waals surface area (Å²) in [7, 11) is 3.44. The van der Waals surface area contributed by atoms with Crippen molar-refractivity contribution in [1.82, 2.24) is 0 Å². The number of methoxy groups -OCH3 is 2. The molecular formula is C20H22O3. The van der Waals surface area contributed by atoms with E-state index >= 15 is 0 Å². The lowest BCUT2D eigenvalue weighted by atomic mass is 9.68. The van der Waals surface area contributed by atoms with Crippen LogP contribution >= 0.6 is 0 Å². The molecule has 0 spiro atoms. The molecule has 3 atom stereocenters. The average molecular weight is 310 g/mol. The summed E-state index contributed by atoms with van der Waals surface area (Å²) in [6.45, 7) is 1.66. The molecular weight excluding hydrogens is 288 g/mol. The summed E-state index contributed by atoms with van der Waals surface area (Å²) in [5.41, 5.74) is 4.22. The zero-order valence-electron chi connectivity index (χ0n) is 13.6. The predicted molar refractivity (Wildman–Crippen MR) is 89.5 cm³/mol. The van der Waals surface area contributed by atoms with E-state index in [1.165, 1.54) is 16.7 Å². The fraction of sp³-hybridized carbons (Fsp3) is 0.400. The monoisotopic (exact) mass is 310 g/mol. The van der Waals surface area contributed by atoms with Gasteiger partial charge >= 0.3 is 0 Å². The Balaban J connectivity index is 1.71. The molecule has 4 rings (SSSR count). The first-order chi connectivity index (χ1) is 11.3. The SMILES string of the molecule is COc1ccc(C2Cc3ccc(OC)cc3C3COCC23)cc1. The van der Waals surface area contributed by atoms with Gasteiger partial charge in [0.15, 0.2) is 0 Å². The molecule has 3 heteroatoms. The molecule has 0 aromatic heterocycles. The number of rotatable bonds is 3. The van der Waals surface area contributed by atoms with E-state index in [9.17, 15) is 0 Å². The molecule has 2 aromatic carbocycles. The largest absolute Gasteiger partial charge is 0.497 e. The van der Waals surface area contributed by atoms with Gasteiger partial charge < -0.3 is 14.2 Å². The summed E-state index contributed by atoms with van der Waals surface area (Å²) in [6.07, 6.45) is 1.07. The smallest absolute Gasteiger partial charge is 0.119 e. The van der Waals surface area contributed by atoms with Crippen molar-refractivity contribution in [2.24, 2.45) is 5.92 Å². The molecule has 2 aromatic rings. The van der Waals surface area contributed by atoms with Gasteiger partial charge in [0.2, 0.25) is 0 Å². The zero-order chi connectivity index (χ0) is 15.8. The minimum atomic E-state index is 0.473. The fourth-order valence-electron chi connectivity index (χ4n) is 4.12. The molecule has 0 saturated carbocycles. The van der Waals surface area contributed by atoms with Crippen LogP contribution in [-0.2, 0) is 11.2 Å². The molecule has 0 radical (unpaired) electrons. The second-order valence-electron chi connectivity index (χ2n) is 6.46. The van der Waals surface area contributed by atoms with Gasteiger partial charge in [0.05, 0.1) is 27.4 Å². The molecule has 2 aliphatic rings. The number of hydrogen-bond acceptors (Lipinski definition) is 3. The van der Waals surface area contributed by atoms with Gasteiger partial charge in [-0.2, -0.15) is 0 Å². The maximum atomic E-state index is 5.85. The van der Waals surface area contributed by atoms with Gasteiger partial charge in [-0.25, -0.2) is 0 Å². The van der Waals surface area contributed by atoms with Crippen LogP contribution in [0.3, 0.4) is 0 Å². The highest BCUT2D eigenvalue weighted by Crippen LogP contribution is 2.48. The van der Waals surface area contributed by atoms with E-state index in [-0.39, 0.29) is 0 Å². The molecule has 1 aliphatic carbocycles. The Morgan fingerprint density at radius 2 is 1.61 bits per heavy atom. The maximum absolute atomic E-state index is 5.85. The summed E-state index contributed by atoms with van der Waals surface area (Å²) in [6, 6.07) is 15.0. The Morgan fingerprint density at radius 3 is 2.35 bits per heavy atom. The number of fused-ring (bicyclic) bond motifs is 3. The van der Waals surface area contributed by atoms with Crippen LogP contribution < -0.4 is 9.47 Å². The summed E-state index contributed by atoms with van der Waals surface area (Å²) in [5.74, 6) is 3.38. The molecule has 0 bridgehead atoms. The van der Waals surface area contributed by atoms with Crippen LogP contribution in [0.5, 0.6) is 11.5 Å². The normalized spacial score (nSPS) is 25.6. The predicted octanol–water partition coefficient (Wildman–Crippen LogP) is 3.77. The van der Waals surface area contributed by atoms with E-state index in [1.54, 1.807) is 14.2 Å². The molecule has 1 saturated heterocycles. The average Bonchev–Trinajstić information content (AvgIpc) is 3.11. The second-order valence-corrected chi connectivity index (χ2v) is 6.46.